The Kier molecular flexibility index (Phi) is 81.3. The van der Waals surface area contributed by atoms with Gasteiger partial charge in [0.1, 0.15) is 25.4 Å². The maximum absolute atomic E-state index is 13.0. The Morgan fingerprint density at radius 3 is 0.766 bits per heavy atom. The zero-order valence-corrected chi connectivity index (χ0v) is 71.9. The summed E-state index contributed by atoms with van der Waals surface area (Å²) < 4.78 is 61.3. The molecule has 0 rings (SSSR count). The van der Waals surface area contributed by atoms with E-state index in [1.807, 2.05) is 0 Å². The van der Waals surface area contributed by atoms with Gasteiger partial charge < -0.3 is 34.2 Å². The van der Waals surface area contributed by atoms with E-state index in [0.29, 0.717) is 19.3 Å². The summed E-state index contributed by atoms with van der Waals surface area (Å²) in [4.78, 5) is 58.8. The third-order valence-electron chi connectivity index (χ3n) is 18.5. The van der Waals surface area contributed by atoms with Crippen molar-refractivity contribution in [3.05, 3.63) is 146 Å². The van der Waals surface area contributed by atoms with Crippen molar-refractivity contribution in [2.24, 2.45) is 0 Å². The van der Waals surface area contributed by atoms with Gasteiger partial charge in [-0.05, 0) is 141 Å². The third kappa shape index (κ3) is 86.1. The van der Waals surface area contributed by atoms with Crippen LogP contribution in [0.5, 0.6) is 0 Å². The summed E-state index contributed by atoms with van der Waals surface area (Å²) in [6.45, 7) is 2.48. The lowest BCUT2D eigenvalue weighted by atomic mass is 10.0. The van der Waals surface area contributed by atoms with Gasteiger partial charge in [-0.25, -0.2) is 9.13 Å². The average molecular weight is 1600 g/mol. The van der Waals surface area contributed by atoms with Gasteiger partial charge in [0.25, 0.3) is 0 Å². The summed E-state index contributed by atoms with van der Waals surface area (Å²) in [5.41, 5.74) is 0. The smallest absolute Gasteiger partial charge is 0.463 e. The summed E-state index contributed by atoms with van der Waals surface area (Å²) in [7, 11) is -9.80. The lowest BCUT2D eigenvalue weighted by Crippen LogP contribution is -2.30. The zero-order valence-electron chi connectivity index (χ0n) is 70.1. The standard InChI is InChI=1S/C93H160O16P2/c1-4-7-10-13-16-19-22-25-28-30-32-34-36-38-40-42-43-45-47-48-50-52-54-56-59-61-64-67-70-73-76-79-91(96)103-82-88(94)83-105-110(99,100)106-84-89(95)85-107-111(101,102)108-87-90(109-93(98)81-78-75-72-69-66-63-58-27-24-21-18-15-12-9-6-3)86-104-92(97)80-77-74-71-68-65-62-60-57-55-53-51-49-46-44-41-39-37-35-33-31-29-26-23-20-17-14-11-8-5-2/h7-8,10-11,16-17,19-20,25-29,32-35,38-41,46,49,58,88-90,94-95H,4-6,9,12-15,18,21-24,30-31,36-37,42-45,47-48,50-57,59-87H2,1-3H3,(H,99,100)(H,101,102)/b10-7-,11-8-,19-16-,20-17-,28-25-,29-26-,34-32-,35-33-,40-38-,41-39-,49-46-,58-27-. The van der Waals surface area contributed by atoms with E-state index in [4.69, 9.17) is 32.3 Å². The number of phosphoric acid groups is 2. The van der Waals surface area contributed by atoms with Gasteiger partial charge in [0, 0.05) is 19.3 Å². The minimum Gasteiger partial charge on any atom is -0.463 e. The first kappa shape index (κ1) is 106. The average Bonchev–Trinajstić information content (AvgIpc) is 0.971. The van der Waals surface area contributed by atoms with Crippen LogP contribution >= 0.6 is 15.6 Å². The van der Waals surface area contributed by atoms with E-state index in [2.05, 4.69) is 167 Å². The van der Waals surface area contributed by atoms with Crippen LogP contribution in [0.2, 0.25) is 0 Å². The van der Waals surface area contributed by atoms with Crippen LogP contribution < -0.4 is 0 Å². The predicted octanol–water partition coefficient (Wildman–Crippen LogP) is 26.8. The van der Waals surface area contributed by atoms with Crippen molar-refractivity contribution in [2.45, 2.75) is 386 Å². The normalized spacial score (nSPS) is 14.5. The minimum absolute atomic E-state index is 0.0923. The first-order valence-corrected chi connectivity index (χ1v) is 47.1. The number of esters is 3. The minimum atomic E-state index is -4.94. The molecule has 4 N–H and O–H groups in total. The summed E-state index contributed by atoms with van der Waals surface area (Å²) >= 11 is 0. The number of rotatable bonds is 83. The summed E-state index contributed by atoms with van der Waals surface area (Å²) in [6.07, 6.45) is 106. The lowest BCUT2D eigenvalue weighted by molar-refractivity contribution is -0.161. The SMILES string of the molecule is CC/C=C\C/C=C\C/C=C\C/C=C\C/C=C\C/C=C\CCCCCCCCCCCCC(=O)OCC(COP(=O)(O)OCC(O)COP(=O)(O)OCC(O)COC(=O)CCCCCCCCCCCCCCCCC/C=C\C/C=C\C/C=C\C/C=C\C/C=C\CC)OC(=O)CCCCCCC/C=C\CCCCCCCC. The Balaban J connectivity index is 4.50. The van der Waals surface area contributed by atoms with Gasteiger partial charge in [0.15, 0.2) is 6.10 Å². The van der Waals surface area contributed by atoms with E-state index in [1.165, 1.54) is 148 Å². The summed E-state index contributed by atoms with van der Waals surface area (Å²) in [6, 6.07) is 0. The van der Waals surface area contributed by atoms with Crippen LogP contribution in [0.1, 0.15) is 367 Å². The highest BCUT2D eigenvalue weighted by Gasteiger charge is 2.29. The monoisotopic (exact) mass is 1600 g/mol. The molecule has 0 saturated carbocycles. The number of aliphatic hydroxyl groups excluding tert-OH is 2. The maximum atomic E-state index is 13.0. The fourth-order valence-corrected chi connectivity index (χ4v) is 13.5. The van der Waals surface area contributed by atoms with Crippen LogP contribution in [0.4, 0.5) is 0 Å². The van der Waals surface area contributed by atoms with Crippen molar-refractivity contribution in [1.29, 1.82) is 0 Å². The first-order valence-electron chi connectivity index (χ1n) is 44.1. The van der Waals surface area contributed by atoms with E-state index in [9.17, 15) is 43.5 Å². The van der Waals surface area contributed by atoms with Gasteiger partial charge in [0.05, 0.1) is 26.4 Å². The molecule has 0 fully saturated rings. The van der Waals surface area contributed by atoms with E-state index < -0.39 is 91.5 Å². The van der Waals surface area contributed by atoms with E-state index in [-0.39, 0.29) is 19.3 Å². The highest BCUT2D eigenvalue weighted by Crippen LogP contribution is 2.45. The zero-order chi connectivity index (χ0) is 80.8. The fraction of sp³-hybridized carbons (Fsp3) is 0.710. The molecule has 0 aliphatic heterocycles. The molecule has 0 aliphatic carbocycles. The first-order chi connectivity index (χ1) is 54.2. The van der Waals surface area contributed by atoms with Crippen LogP contribution in [0, 0.1) is 0 Å². The molecular formula is C93H160O16P2. The molecule has 638 valence electrons. The third-order valence-corrected chi connectivity index (χ3v) is 20.4. The highest BCUT2D eigenvalue weighted by atomic mass is 31.2. The van der Waals surface area contributed by atoms with Crippen molar-refractivity contribution >= 4 is 33.6 Å². The molecule has 5 atom stereocenters. The van der Waals surface area contributed by atoms with Crippen molar-refractivity contribution in [1.82, 2.24) is 0 Å². The molecule has 0 bridgehead atoms. The largest absolute Gasteiger partial charge is 0.472 e. The molecule has 0 heterocycles. The van der Waals surface area contributed by atoms with E-state index in [1.54, 1.807) is 0 Å². The molecule has 0 spiro atoms. The van der Waals surface area contributed by atoms with Crippen LogP contribution in [0.3, 0.4) is 0 Å². The number of hydrogen-bond donors (Lipinski definition) is 4. The van der Waals surface area contributed by atoms with Crippen molar-refractivity contribution < 1.29 is 75.8 Å². The van der Waals surface area contributed by atoms with Crippen LogP contribution in [-0.4, -0.2) is 95.9 Å². The summed E-state index contributed by atoms with van der Waals surface area (Å²) in [5, 5.41) is 20.7. The second kappa shape index (κ2) is 84.8. The van der Waals surface area contributed by atoms with Gasteiger partial charge in [-0.3, -0.25) is 32.5 Å². The van der Waals surface area contributed by atoms with Crippen molar-refractivity contribution in [2.75, 3.05) is 39.6 Å². The van der Waals surface area contributed by atoms with Gasteiger partial charge >= 0.3 is 33.6 Å². The topological polar surface area (TPSA) is 231 Å². The van der Waals surface area contributed by atoms with E-state index >= 15 is 0 Å². The number of carbonyl (C=O) groups is 3. The molecule has 0 saturated heterocycles. The molecule has 0 aromatic heterocycles. The Hall–Kier alpha value is -4.57. The lowest BCUT2D eigenvalue weighted by Gasteiger charge is -2.21. The van der Waals surface area contributed by atoms with Gasteiger partial charge in [-0.15, -0.1) is 0 Å². The Morgan fingerprint density at radius 1 is 0.261 bits per heavy atom. The molecule has 0 aromatic rings. The van der Waals surface area contributed by atoms with Gasteiger partial charge in [0.2, 0.25) is 0 Å². The molecule has 0 radical (unpaired) electrons. The van der Waals surface area contributed by atoms with E-state index in [0.717, 1.165) is 161 Å². The molecule has 5 unspecified atom stereocenters. The number of ether oxygens (including phenoxy) is 3. The molecule has 18 heteroatoms. The second-order valence-corrected chi connectivity index (χ2v) is 32.2. The maximum Gasteiger partial charge on any atom is 0.472 e. The predicted molar refractivity (Wildman–Crippen MR) is 463 cm³/mol. The molecule has 0 amide bonds. The van der Waals surface area contributed by atoms with Crippen LogP contribution in [0.15, 0.2) is 146 Å². The number of hydrogen-bond acceptors (Lipinski definition) is 14. The Morgan fingerprint density at radius 2 is 0.477 bits per heavy atom. The van der Waals surface area contributed by atoms with Crippen LogP contribution in [0.25, 0.3) is 0 Å². The van der Waals surface area contributed by atoms with Crippen LogP contribution in [-0.2, 0) is 55.8 Å². The number of carbonyl (C=O) groups excluding carboxylic acids is 3. The van der Waals surface area contributed by atoms with Gasteiger partial charge in [-0.2, -0.15) is 0 Å². The number of allylic oxidation sites excluding steroid dienone is 24. The van der Waals surface area contributed by atoms with Crippen molar-refractivity contribution in [3.8, 4) is 0 Å². The Labute approximate surface area is 677 Å². The highest BCUT2D eigenvalue weighted by molar-refractivity contribution is 7.47. The second-order valence-electron chi connectivity index (χ2n) is 29.3. The number of phosphoric ester groups is 2. The van der Waals surface area contributed by atoms with Gasteiger partial charge in [-0.1, -0.05) is 353 Å². The fourth-order valence-electron chi connectivity index (χ4n) is 11.9. The molecular weight excluding hydrogens is 1430 g/mol. The number of unbranched alkanes of at least 4 members (excludes halogenated alkanes) is 36. The molecule has 0 aliphatic rings. The molecule has 111 heavy (non-hydrogen) atoms. The summed E-state index contributed by atoms with van der Waals surface area (Å²) in [5.74, 6) is -1.58. The number of aliphatic hydroxyl groups is 2. The quantitative estimate of drug-likeness (QED) is 0.0146. The Bertz CT molecular complexity index is 2600. The molecule has 16 nitrogen and oxygen atoms in total. The van der Waals surface area contributed by atoms with Crippen molar-refractivity contribution in [3.63, 3.8) is 0 Å². The molecule has 0 aromatic carbocycles.